The van der Waals surface area contributed by atoms with Gasteiger partial charge in [-0.3, -0.25) is 4.79 Å². The van der Waals surface area contributed by atoms with Crippen molar-refractivity contribution in [3.63, 3.8) is 0 Å². The van der Waals surface area contributed by atoms with Crippen LogP contribution in [-0.4, -0.2) is 19.1 Å². The molecule has 24 heavy (non-hydrogen) atoms. The molecule has 0 saturated carbocycles. The molecule has 0 bridgehead atoms. The Morgan fingerprint density at radius 3 is 2.50 bits per heavy atom. The smallest absolute Gasteiger partial charge is 0.243 e. The Morgan fingerprint density at radius 1 is 1.04 bits per heavy atom. The van der Waals surface area contributed by atoms with Gasteiger partial charge in [-0.2, -0.15) is 0 Å². The van der Waals surface area contributed by atoms with Crippen molar-refractivity contribution >= 4 is 17.3 Å². The molecule has 0 unspecified atom stereocenters. The van der Waals surface area contributed by atoms with Gasteiger partial charge in [0.25, 0.3) is 0 Å². The van der Waals surface area contributed by atoms with Gasteiger partial charge in [-0.25, -0.2) is 0 Å². The Bertz CT molecular complexity index is 696. The quantitative estimate of drug-likeness (QED) is 0.793. The number of rotatable bonds is 7. The van der Waals surface area contributed by atoms with Crippen LogP contribution < -0.4 is 15.4 Å². The normalized spacial score (nSPS) is 10.5. The Hall–Kier alpha value is -2.49. The number of aryl methyl sites for hydroxylation is 1. The summed E-state index contributed by atoms with van der Waals surface area (Å²) in [5.74, 6) is 1.03. The molecule has 2 aromatic carbocycles. The zero-order valence-corrected chi connectivity index (χ0v) is 14.8. The Kier molecular flexibility index (Phi) is 6.24. The Morgan fingerprint density at radius 2 is 1.75 bits per heavy atom. The lowest BCUT2D eigenvalue weighted by Gasteiger charge is -2.15. The van der Waals surface area contributed by atoms with Crippen molar-refractivity contribution in [3.8, 4) is 5.75 Å². The summed E-state index contributed by atoms with van der Waals surface area (Å²) in [6, 6.07) is 13.5. The van der Waals surface area contributed by atoms with Crippen LogP contribution in [0.25, 0.3) is 0 Å². The van der Waals surface area contributed by atoms with Crippen LogP contribution in [0.3, 0.4) is 0 Å². The first-order valence-corrected chi connectivity index (χ1v) is 8.29. The second-order valence-corrected chi connectivity index (χ2v) is 6.35. The van der Waals surface area contributed by atoms with Crippen molar-refractivity contribution in [1.82, 2.24) is 0 Å². The lowest BCUT2D eigenvalue weighted by Crippen LogP contribution is -2.22. The Balaban J connectivity index is 1.96. The monoisotopic (exact) mass is 326 g/mol. The maximum Gasteiger partial charge on any atom is 0.243 e. The highest BCUT2D eigenvalue weighted by molar-refractivity contribution is 5.95. The van der Waals surface area contributed by atoms with Crippen LogP contribution >= 0.6 is 0 Å². The molecule has 0 aliphatic rings. The third-order valence-corrected chi connectivity index (χ3v) is 3.78. The summed E-state index contributed by atoms with van der Waals surface area (Å²) in [7, 11) is 0. The van der Waals surface area contributed by atoms with E-state index in [2.05, 4.69) is 37.5 Å². The zero-order valence-electron chi connectivity index (χ0n) is 14.8. The summed E-state index contributed by atoms with van der Waals surface area (Å²) >= 11 is 0. The fourth-order valence-electron chi connectivity index (χ4n) is 2.26. The van der Waals surface area contributed by atoms with Crippen molar-refractivity contribution < 1.29 is 9.53 Å². The fourth-order valence-corrected chi connectivity index (χ4v) is 2.26. The number of para-hydroxylation sites is 2. The predicted molar refractivity (Wildman–Crippen MR) is 99.8 cm³/mol. The van der Waals surface area contributed by atoms with Gasteiger partial charge in [0, 0.05) is 5.69 Å². The average molecular weight is 326 g/mol. The molecule has 1 amide bonds. The van der Waals surface area contributed by atoms with E-state index in [4.69, 9.17) is 4.74 Å². The first kappa shape index (κ1) is 17.9. The summed E-state index contributed by atoms with van der Waals surface area (Å²) in [6.45, 7) is 9.12. The third-order valence-electron chi connectivity index (χ3n) is 3.78. The molecule has 0 fully saturated rings. The summed E-state index contributed by atoms with van der Waals surface area (Å²) in [6.07, 6.45) is 0. The number of carbonyl (C=O) groups excluding carboxylic acids is 1. The summed E-state index contributed by atoms with van der Waals surface area (Å²) in [4.78, 5) is 12.2. The topological polar surface area (TPSA) is 50.4 Å². The highest BCUT2D eigenvalue weighted by atomic mass is 16.5. The summed E-state index contributed by atoms with van der Waals surface area (Å²) < 4.78 is 5.76. The van der Waals surface area contributed by atoms with Gasteiger partial charge in [-0.1, -0.05) is 38.1 Å². The van der Waals surface area contributed by atoms with Crippen LogP contribution in [0.5, 0.6) is 5.75 Å². The molecule has 0 saturated heterocycles. The number of anilines is 2. The van der Waals surface area contributed by atoms with Crippen molar-refractivity contribution in [2.24, 2.45) is 5.92 Å². The highest BCUT2D eigenvalue weighted by Gasteiger charge is 2.09. The van der Waals surface area contributed by atoms with Crippen LogP contribution in [0.4, 0.5) is 11.4 Å². The molecule has 0 aromatic heterocycles. The van der Waals surface area contributed by atoms with Gasteiger partial charge in [0.2, 0.25) is 5.91 Å². The van der Waals surface area contributed by atoms with E-state index in [0.29, 0.717) is 24.0 Å². The molecule has 2 aromatic rings. The minimum atomic E-state index is -0.100. The van der Waals surface area contributed by atoms with Gasteiger partial charge in [-0.15, -0.1) is 0 Å². The fraction of sp³-hybridized carbons (Fsp3) is 0.350. The predicted octanol–water partition coefficient (Wildman–Crippen LogP) is 4.39. The molecule has 128 valence electrons. The first-order valence-electron chi connectivity index (χ1n) is 8.29. The zero-order chi connectivity index (χ0) is 17.5. The minimum absolute atomic E-state index is 0.100. The largest absolute Gasteiger partial charge is 0.491 e. The van der Waals surface area contributed by atoms with Crippen molar-refractivity contribution in [2.45, 2.75) is 27.7 Å². The lowest BCUT2D eigenvalue weighted by molar-refractivity contribution is -0.114. The number of nitrogens with one attached hydrogen (secondary N) is 2. The Labute approximate surface area is 144 Å². The second-order valence-electron chi connectivity index (χ2n) is 6.35. The van der Waals surface area contributed by atoms with E-state index in [1.54, 1.807) is 0 Å². The summed E-state index contributed by atoms with van der Waals surface area (Å²) in [5.41, 5.74) is 4.04. The van der Waals surface area contributed by atoms with Gasteiger partial charge in [0.05, 0.1) is 18.8 Å². The van der Waals surface area contributed by atoms with Crippen molar-refractivity contribution in [3.05, 3.63) is 53.6 Å². The lowest BCUT2D eigenvalue weighted by atomic mass is 10.1. The number of amides is 1. The van der Waals surface area contributed by atoms with Gasteiger partial charge in [-0.05, 0) is 49.1 Å². The molecule has 2 N–H and O–H groups in total. The van der Waals surface area contributed by atoms with Crippen LogP contribution in [0, 0.1) is 19.8 Å². The van der Waals surface area contributed by atoms with E-state index in [-0.39, 0.29) is 12.5 Å². The van der Waals surface area contributed by atoms with E-state index >= 15 is 0 Å². The van der Waals surface area contributed by atoms with E-state index < -0.39 is 0 Å². The standard InChI is InChI=1S/C20H26N2O2/c1-14(2)13-24-19-11-6-5-9-18(19)22-20(23)12-21-17-10-7-8-15(3)16(17)4/h5-11,14,21H,12-13H2,1-4H3,(H,22,23). The molecule has 0 aliphatic carbocycles. The minimum Gasteiger partial charge on any atom is -0.491 e. The molecule has 0 aliphatic heterocycles. The van der Waals surface area contributed by atoms with E-state index in [1.165, 1.54) is 5.56 Å². The van der Waals surface area contributed by atoms with Crippen LogP contribution in [0.15, 0.2) is 42.5 Å². The molecule has 4 heteroatoms. The molecule has 0 heterocycles. The highest BCUT2D eigenvalue weighted by Crippen LogP contribution is 2.24. The average Bonchev–Trinajstić information content (AvgIpc) is 2.55. The maximum absolute atomic E-state index is 12.2. The van der Waals surface area contributed by atoms with Crippen LogP contribution in [-0.2, 0) is 4.79 Å². The molecule has 0 spiro atoms. The molecule has 2 rings (SSSR count). The summed E-state index contributed by atoms with van der Waals surface area (Å²) in [5, 5.41) is 6.10. The third kappa shape index (κ3) is 5.01. The van der Waals surface area contributed by atoms with E-state index in [0.717, 1.165) is 11.3 Å². The molecule has 0 atom stereocenters. The molecule has 0 radical (unpaired) electrons. The van der Waals surface area contributed by atoms with Gasteiger partial charge in [0.15, 0.2) is 0 Å². The number of carbonyl (C=O) groups is 1. The number of hydrogen-bond donors (Lipinski definition) is 2. The van der Waals surface area contributed by atoms with Gasteiger partial charge in [0.1, 0.15) is 5.75 Å². The van der Waals surface area contributed by atoms with Crippen LogP contribution in [0.1, 0.15) is 25.0 Å². The van der Waals surface area contributed by atoms with E-state index in [9.17, 15) is 4.79 Å². The number of hydrogen-bond acceptors (Lipinski definition) is 3. The van der Waals surface area contributed by atoms with Crippen molar-refractivity contribution in [2.75, 3.05) is 23.8 Å². The molecular formula is C20H26N2O2. The maximum atomic E-state index is 12.2. The number of benzene rings is 2. The van der Waals surface area contributed by atoms with E-state index in [1.807, 2.05) is 43.3 Å². The van der Waals surface area contributed by atoms with Crippen molar-refractivity contribution in [1.29, 1.82) is 0 Å². The molecule has 4 nitrogen and oxygen atoms in total. The van der Waals surface area contributed by atoms with Gasteiger partial charge >= 0.3 is 0 Å². The SMILES string of the molecule is Cc1cccc(NCC(=O)Nc2ccccc2OCC(C)C)c1C. The first-order chi connectivity index (χ1) is 11.5. The molecular weight excluding hydrogens is 300 g/mol. The second kappa shape index (κ2) is 8.39. The van der Waals surface area contributed by atoms with Crippen LogP contribution in [0.2, 0.25) is 0 Å². The van der Waals surface area contributed by atoms with Gasteiger partial charge < -0.3 is 15.4 Å². The number of ether oxygens (including phenoxy) is 1.